The van der Waals surface area contributed by atoms with E-state index in [-0.39, 0.29) is 11.9 Å². The van der Waals surface area contributed by atoms with E-state index >= 15 is 0 Å². The van der Waals surface area contributed by atoms with Crippen LogP contribution in [0.4, 0.5) is 0 Å². The Kier molecular flexibility index (Phi) is 6.39. The van der Waals surface area contributed by atoms with Gasteiger partial charge >= 0.3 is 0 Å². The minimum Gasteiger partial charge on any atom is -0.375 e. The van der Waals surface area contributed by atoms with Gasteiger partial charge in [-0.2, -0.15) is 0 Å². The van der Waals surface area contributed by atoms with Crippen molar-refractivity contribution in [2.75, 3.05) is 20.2 Å². The summed E-state index contributed by atoms with van der Waals surface area (Å²) in [6, 6.07) is 9.89. The van der Waals surface area contributed by atoms with Crippen LogP contribution in [0.1, 0.15) is 18.9 Å². The summed E-state index contributed by atoms with van der Waals surface area (Å²) in [6.45, 7) is 3.54. The molecule has 1 amide bonds. The first kappa shape index (κ1) is 14.7. The van der Waals surface area contributed by atoms with Crippen LogP contribution in [-0.2, 0) is 16.1 Å². The third-order valence-corrected chi connectivity index (χ3v) is 2.60. The Labute approximate surface area is 109 Å². The van der Waals surface area contributed by atoms with Gasteiger partial charge in [0.15, 0.2) is 0 Å². The van der Waals surface area contributed by atoms with Gasteiger partial charge in [-0.05, 0) is 12.5 Å². The van der Waals surface area contributed by atoms with E-state index < -0.39 is 0 Å². The van der Waals surface area contributed by atoms with Crippen LogP contribution >= 0.6 is 0 Å². The number of carbonyl (C=O) groups is 1. The lowest BCUT2D eigenvalue weighted by molar-refractivity contribution is -0.130. The quantitative estimate of drug-likeness (QED) is 0.744. The number of amides is 1. The molecule has 0 aromatic heterocycles. The van der Waals surface area contributed by atoms with E-state index in [1.165, 1.54) is 0 Å². The summed E-state index contributed by atoms with van der Waals surface area (Å²) < 4.78 is 5.52. The van der Waals surface area contributed by atoms with Crippen molar-refractivity contribution in [2.24, 2.45) is 5.73 Å². The molecule has 0 saturated carbocycles. The predicted molar refractivity (Wildman–Crippen MR) is 72.0 cm³/mol. The van der Waals surface area contributed by atoms with Crippen molar-refractivity contribution in [1.82, 2.24) is 4.90 Å². The summed E-state index contributed by atoms with van der Waals surface area (Å²) >= 11 is 0. The first-order valence-corrected chi connectivity index (χ1v) is 6.21. The van der Waals surface area contributed by atoms with Crippen molar-refractivity contribution in [1.29, 1.82) is 0 Å². The number of benzene rings is 1. The summed E-state index contributed by atoms with van der Waals surface area (Å²) in [5, 5.41) is 0. The third kappa shape index (κ3) is 5.80. The number of nitrogens with zero attached hydrogens (tertiary/aromatic N) is 1. The van der Waals surface area contributed by atoms with E-state index in [2.05, 4.69) is 0 Å². The maximum atomic E-state index is 11.6. The Hall–Kier alpha value is -1.39. The summed E-state index contributed by atoms with van der Waals surface area (Å²) in [6.07, 6.45) is 0.384. The number of rotatable bonds is 7. The molecule has 4 nitrogen and oxygen atoms in total. The minimum atomic E-state index is -0.0924. The molecule has 0 fully saturated rings. The zero-order valence-electron chi connectivity index (χ0n) is 11.1. The Morgan fingerprint density at radius 2 is 2.06 bits per heavy atom. The lowest BCUT2D eigenvalue weighted by atomic mass is 10.2. The standard InChI is InChI=1S/C14H22N2O2/c1-12(15)10-14(17)16(2)8-9-18-11-13-6-4-3-5-7-13/h3-7,12H,8-11,15H2,1-2H3. The highest BCUT2D eigenvalue weighted by Gasteiger charge is 2.10. The fourth-order valence-electron chi connectivity index (χ4n) is 1.52. The molecule has 0 aliphatic rings. The largest absolute Gasteiger partial charge is 0.375 e. The Morgan fingerprint density at radius 1 is 1.39 bits per heavy atom. The normalized spacial score (nSPS) is 12.2. The Balaban J connectivity index is 2.16. The molecule has 0 saturated heterocycles. The van der Waals surface area contributed by atoms with Crippen molar-refractivity contribution < 1.29 is 9.53 Å². The smallest absolute Gasteiger partial charge is 0.223 e. The van der Waals surface area contributed by atoms with Gasteiger partial charge in [-0.3, -0.25) is 4.79 Å². The van der Waals surface area contributed by atoms with Gasteiger partial charge < -0.3 is 15.4 Å². The fraction of sp³-hybridized carbons (Fsp3) is 0.500. The molecule has 1 aromatic rings. The SMILES string of the molecule is CC(N)CC(=O)N(C)CCOCc1ccccc1. The van der Waals surface area contributed by atoms with Crippen molar-refractivity contribution in [3.63, 3.8) is 0 Å². The molecule has 18 heavy (non-hydrogen) atoms. The molecule has 2 N–H and O–H groups in total. The molecular weight excluding hydrogens is 228 g/mol. The van der Waals surface area contributed by atoms with E-state index in [0.29, 0.717) is 26.2 Å². The maximum Gasteiger partial charge on any atom is 0.223 e. The van der Waals surface area contributed by atoms with E-state index in [1.54, 1.807) is 11.9 Å². The van der Waals surface area contributed by atoms with E-state index in [9.17, 15) is 4.79 Å². The monoisotopic (exact) mass is 250 g/mol. The van der Waals surface area contributed by atoms with Gasteiger partial charge in [0.05, 0.1) is 13.2 Å². The average molecular weight is 250 g/mol. The number of likely N-dealkylation sites (N-methyl/N-ethyl adjacent to an activating group) is 1. The second-order valence-corrected chi connectivity index (χ2v) is 4.53. The molecule has 1 rings (SSSR count). The van der Waals surface area contributed by atoms with Gasteiger partial charge in [0.25, 0.3) is 0 Å². The summed E-state index contributed by atoms with van der Waals surface area (Å²) in [5.74, 6) is 0.0633. The summed E-state index contributed by atoms with van der Waals surface area (Å²) in [4.78, 5) is 13.3. The van der Waals surface area contributed by atoms with Crippen LogP contribution < -0.4 is 5.73 Å². The molecule has 0 heterocycles. The molecule has 4 heteroatoms. The minimum absolute atomic E-state index is 0.0633. The molecule has 0 bridgehead atoms. The highest BCUT2D eigenvalue weighted by molar-refractivity contribution is 5.76. The number of ether oxygens (including phenoxy) is 1. The molecular formula is C14H22N2O2. The number of hydrogen-bond acceptors (Lipinski definition) is 3. The molecule has 0 aliphatic heterocycles. The number of carbonyl (C=O) groups excluding carboxylic acids is 1. The van der Waals surface area contributed by atoms with Gasteiger partial charge in [-0.15, -0.1) is 0 Å². The van der Waals surface area contributed by atoms with Gasteiger partial charge in [0, 0.05) is 26.1 Å². The predicted octanol–water partition coefficient (Wildman–Crippen LogP) is 1.40. The van der Waals surface area contributed by atoms with Crippen molar-refractivity contribution in [3.05, 3.63) is 35.9 Å². The van der Waals surface area contributed by atoms with Crippen molar-refractivity contribution >= 4 is 5.91 Å². The zero-order chi connectivity index (χ0) is 13.4. The highest BCUT2D eigenvalue weighted by atomic mass is 16.5. The lowest BCUT2D eigenvalue weighted by Gasteiger charge is -2.18. The van der Waals surface area contributed by atoms with Crippen LogP contribution in [0.25, 0.3) is 0 Å². The molecule has 0 spiro atoms. The van der Waals surface area contributed by atoms with E-state index in [4.69, 9.17) is 10.5 Å². The van der Waals surface area contributed by atoms with Crippen LogP contribution in [0.15, 0.2) is 30.3 Å². The lowest BCUT2D eigenvalue weighted by Crippen LogP contribution is -2.34. The first-order valence-electron chi connectivity index (χ1n) is 6.21. The third-order valence-electron chi connectivity index (χ3n) is 2.60. The number of hydrogen-bond donors (Lipinski definition) is 1. The van der Waals surface area contributed by atoms with Crippen LogP contribution in [-0.4, -0.2) is 37.0 Å². The maximum absolute atomic E-state index is 11.6. The second kappa shape index (κ2) is 7.84. The Morgan fingerprint density at radius 3 is 2.67 bits per heavy atom. The van der Waals surface area contributed by atoms with E-state index in [0.717, 1.165) is 5.56 Å². The Bertz CT molecular complexity index is 352. The molecule has 0 radical (unpaired) electrons. The molecule has 0 aliphatic carbocycles. The summed E-state index contributed by atoms with van der Waals surface area (Å²) in [7, 11) is 1.77. The van der Waals surface area contributed by atoms with Gasteiger partial charge in [-0.25, -0.2) is 0 Å². The zero-order valence-corrected chi connectivity index (χ0v) is 11.1. The second-order valence-electron chi connectivity index (χ2n) is 4.53. The van der Waals surface area contributed by atoms with Crippen LogP contribution in [0.2, 0.25) is 0 Å². The summed E-state index contributed by atoms with van der Waals surface area (Å²) in [5.41, 5.74) is 6.72. The molecule has 1 aromatic carbocycles. The average Bonchev–Trinajstić information content (AvgIpc) is 2.34. The van der Waals surface area contributed by atoms with Crippen LogP contribution in [0, 0.1) is 0 Å². The topological polar surface area (TPSA) is 55.6 Å². The van der Waals surface area contributed by atoms with Crippen LogP contribution in [0.3, 0.4) is 0 Å². The molecule has 1 unspecified atom stereocenters. The first-order chi connectivity index (χ1) is 8.59. The highest BCUT2D eigenvalue weighted by Crippen LogP contribution is 2.00. The number of nitrogens with two attached hydrogens (primary N) is 1. The van der Waals surface area contributed by atoms with Crippen molar-refractivity contribution in [2.45, 2.75) is 26.0 Å². The van der Waals surface area contributed by atoms with Gasteiger partial charge in [0.1, 0.15) is 0 Å². The molecule has 100 valence electrons. The van der Waals surface area contributed by atoms with Crippen LogP contribution in [0.5, 0.6) is 0 Å². The van der Waals surface area contributed by atoms with E-state index in [1.807, 2.05) is 37.3 Å². The van der Waals surface area contributed by atoms with Crippen molar-refractivity contribution in [3.8, 4) is 0 Å². The molecule has 1 atom stereocenters. The van der Waals surface area contributed by atoms with Gasteiger partial charge in [0.2, 0.25) is 5.91 Å². The van der Waals surface area contributed by atoms with Gasteiger partial charge in [-0.1, -0.05) is 30.3 Å². The fourth-order valence-corrected chi connectivity index (χ4v) is 1.52.